The normalized spacial score (nSPS) is 36.7. The molecule has 3 atom stereocenters. The van der Waals surface area contributed by atoms with Gasteiger partial charge in [-0.1, -0.05) is 33.3 Å². The first-order valence-corrected chi connectivity index (χ1v) is 9.02. The summed E-state index contributed by atoms with van der Waals surface area (Å²) in [6.07, 6.45) is 5.04. The van der Waals surface area contributed by atoms with Crippen LogP contribution in [0, 0.1) is 10.8 Å². The van der Waals surface area contributed by atoms with Crippen molar-refractivity contribution in [1.29, 1.82) is 0 Å². The number of carbonyl (C=O) groups is 1. The van der Waals surface area contributed by atoms with Crippen LogP contribution in [0.3, 0.4) is 0 Å². The van der Waals surface area contributed by atoms with Crippen molar-refractivity contribution in [2.75, 3.05) is 0 Å². The van der Waals surface area contributed by atoms with Crippen LogP contribution in [0.2, 0.25) is 0 Å². The Bertz CT molecular complexity index is 752. The molecule has 1 spiro atoms. The van der Waals surface area contributed by atoms with E-state index in [4.69, 9.17) is 0 Å². The molecule has 130 valence electrons. The summed E-state index contributed by atoms with van der Waals surface area (Å²) in [7, 11) is 0. The Morgan fingerprint density at radius 2 is 1.88 bits per heavy atom. The number of rotatable bonds is 2. The first-order valence-electron chi connectivity index (χ1n) is 9.02. The molecule has 2 saturated carbocycles. The van der Waals surface area contributed by atoms with Gasteiger partial charge < -0.3 is 15.3 Å². The van der Waals surface area contributed by atoms with Gasteiger partial charge in [0.25, 0.3) is 0 Å². The predicted octanol–water partition coefficient (Wildman–Crippen LogP) is 4.07. The monoisotopic (exact) mass is 330 g/mol. The lowest BCUT2D eigenvalue weighted by Crippen LogP contribution is -2.52. The number of phenolic OH excluding ortho intramolecular Hbond substituents is 2. The molecule has 1 unspecified atom stereocenters. The minimum Gasteiger partial charge on any atom is -0.504 e. The summed E-state index contributed by atoms with van der Waals surface area (Å²) in [5.41, 5.74) is 0.868. The van der Waals surface area contributed by atoms with Gasteiger partial charge in [0.05, 0.1) is 0 Å². The van der Waals surface area contributed by atoms with Crippen molar-refractivity contribution in [3.05, 3.63) is 22.8 Å². The van der Waals surface area contributed by atoms with Gasteiger partial charge in [-0.15, -0.1) is 0 Å². The van der Waals surface area contributed by atoms with E-state index in [0.717, 1.165) is 37.7 Å². The standard InChI is InChI=1S/C20H26O4/c1-11(2)13-9-12-5-8-19-10-18(19,3)6-4-7-20(19,17(23)24)14(12)16(22)15(13)21/h9,11,21-22H,4-8,10H2,1-3H3,(H,23,24)/t18?,19-,20-/m1/s1. The minimum atomic E-state index is -1.05. The van der Waals surface area contributed by atoms with Crippen LogP contribution in [0.1, 0.15) is 75.5 Å². The number of hydrogen-bond acceptors (Lipinski definition) is 3. The van der Waals surface area contributed by atoms with E-state index in [1.807, 2.05) is 19.9 Å². The van der Waals surface area contributed by atoms with Crippen molar-refractivity contribution in [3.8, 4) is 11.5 Å². The van der Waals surface area contributed by atoms with E-state index >= 15 is 0 Å². The molecule has 0 amide bonds. The number of hydrogen-bond donors (Lipinski definition) is 3. The van der Waals surface area contributed by atoms with Crippen LogP contribution in [0.4, 0.5) is 0 Å². The molecule has 1 aromatic carbocycles. The van der Waals surface area contributed by atoms with E-state index in [9.17, 15) is 20.1 Å². The average Bonchev–Trinajstić information content (AvgIpc) is 3.13. The first-order chi connectivity index (χ1) is 11.2. The number of benzene rings is 1. The van der Waals surface area contributed by atoms with Crippen LogP contribution in [-0.4, -0.2) is 21.3 Å². The van der Waals surface area contributed by atoms with Crippen LogP contribution in [-0.2, 0) is 16.6 Å². The van der Waals surface area contributed by atoms with Crippen molar-refractivity contribution in [2.45, 2.75) is 70.6 Å². The van der Waals surface area contributed by atoms with Crippen LogP contribution in [0.25, 0.3) is 0 Å². The molecule has 2 fully saturated rings. The molecule has 3 aliphatic carbocycles. The second-order valence-electron chi connectivity index (χ2n) is 8.74. The van der Waals surface area contributed by atoms with Crippen molar-refractivity contribution < 1.29 is 20.1 Å². The fourth-order valence-electron chi connectivity index (χ4n) is 6.18. The highest BCUT2D eigenvalue weighted by molar-refractivity contribution is 5.87. The number of carboxylic acids is 1. The van der Waals surface area contributed by atoms with Crippen molar-refractivity contribution in [1.82, 2.24) is 0 Å². The Hall–Kier alpha value is -1.71. The largest absolute Gasteiger partial charge is 0.504 e. The lowest BCUT2D eigenvalue weighted by atomic mass is 9.53. The third-order valence-corrected chi connectivity index (χ3v) is 7.44. The minimum absolute atomic E-state index is 0.0557. The summed E-state index contributed by atoms with van der Waals surface area (Å²) >= 11 is 0. The maximum atomic E-state index is 12.5. The number of aromatic hydroxyl groups is 2. The molecular weight excluding hydrogens is 304 g/mol. The summed E-state index contributed by atoms with van der Waals surface area (Å²) in [5, 5.41) is 31.6. The van der Waals surface area contributed by atoms with E-state index in [2.05, 4.69) is 6.92 Å². The summed E-state index contributed by atoms with van der Waals surface area (Å²) in [6.45, 7) is 6.14. The van der Waals surface area contributed by atoms with Crippen molar-refractivity contribution in [3.63, 3.8) is 0 Å². The number of aliphatic carboxylic acids is 1. The molecule has 4 rings (SSSR count). The van der Waals surface area contributed by atoms with Crippen LogP contribution in [0.5, 0.6) is 11.5 Å². The van der Waals surface area contributed by atoms with E-state index in [-0.39, 0.29) is 28.2 Å². The van der Waals surface area contributed by atoms with Gasteiger partial charge in [-0.3, -0.25) is 4.79 Å². The smallest absolute Gasteiger partial charge is 0.314 e. The number of carboxylic acid groups (broad SMARTS) is 1. The molecule has 0 aromatic heterocycles. The van der Waals surface area contributed by atoms with Crippen LogP contribution in [0.15, 0.2) is 6.07 Å². The van der Waals surface area contributed by atoms with Crippen molar-refractivity contribution in [2.24, 2.45) is 10.8 Å². The molecule has 0 saturated heterocycles. The highest BCUT2D eigenvalue weighted by Gasteiger charge is 2.78. The van der Waals surface area contributed by atoms with E-state index in [0.29, 0.717) is 17.5 Å². The molecule has 4 nitrogen and oxygen atoms in total. The van der Waals surface area contributed by atoms with Crippen molar-refractivity contribution >= 4 is 5.97 Å². The fourth-order valence-corrected chi connectivity index (χ4v) is 6.18. The predicted molar refractivity (Wildman–Crippen MR) is 90.5 cm³/mol. The molecule has 3 N–H and O–H groups in total. The Labute approximate surface area is 142 Å². The highest BCUT2D eigenvalue weighted by Crippen LogP contribution is 2.81. The molecule has 24 heavy (non-hydrogen) atoms. The summed E-state index contributed by atoms with van der Waals surface area (Å²) in [4.78, 5) is 12.5. The molecule has 0 aliphatic heterocycles. The number of phenols is 2. The molecule has 0 radical (unpaired) electrons. The van der Waals surface area contributed by atoms with Gasteiger partial charge in [-0.25, -0.2) is 0 Å². The lowest BCUT2D eigenvalue weighted by Gasteiger charge is -2.49. The zero-order chi connectivity index (χ0) is 17.5. The fraction of sp³-hybridized carbons (Fsp3) is 0.650. The summed E-state index contributed by atoms with van der Waals surface area (Å²) in [5.74, 6) is -1.07. The van der Waals surface area contributed by atoms with Gasteiger partial charge in [0.1, 0.15) is 5.41 Å². The van der Waals surface area contributed by atoms with E-state index < -0.39 is 11.4 Å². The number of fused-ring (bicyclic) bond motifs is 2. The van der Waals surface area contributed by atoms with Gasteiger partial charge in [-0.2, -0.15) is 0 Å². The number of aryl methyl sites for hydroxylation is 1. The SMILES string of the molecule is CC(C)c1cc2c(c(O)c1O)[C@@]1(C(=O)O)CCCC3(C)C[C@]31CC2. The average molecular weight is 330 g/mol. The van der Waals surface area contributed by atoms with Gasteiger partial charge in [0.2, 0.25) is 0 Å². The second-order valence-corrected chi connectivity index (χ2v) is 8.74. The molecule has 4 heteroatoms. The van der Waals surface area contributed by atoms with Crippen LogP contribution >= 0.6 is 0 Å². The molecule has 3 aliphatic rings. The van der Waals surface area contributed by atoms with Gasteiger partial charge in [0, 0.05) is 11.1 Å². The zero-order valence-corrected chi connectivity index (χ0v) is 14.6. The Kier molecular flexibility index (Phi) is 2.94. The molecule has 0 bridgehead atoms. The van der Waals surface area contributed by atoms with Gasteiger partial charge in [0.15, 0.2) is 11.5 Å². The maximum Gasteiger partial charge on any atom is 0.314 e. The zero-order valence-electron chi connectivity index (χ0n) is 14.6. The Morgan fingerprint density at radius 3 is 2.50 bits per heavy atom. The highest BCUT2D eigenvalue weighted by atomic mass is 16.4. The quantitative estimate of drug-likeness (QED) is 0.714. The summed E-state index contributed by atoms with van der Waals surface area (Å²) in [6, 6.07) is 1.93. The first kappa shape index (κ1) is 15.8. The van der Waals surface area contributed by atoms with Gasteiger partial charge in [-0.05, 0) is 54.4 Å². The third-order valence-electron chi connectivity index (χ3n) is 7.44. The molecule has 1 aromatic rings. The summed E-state index contributed by atoms with van der Waals surface area (Å²) < 4.78 is 0. The second kappa shape index (κ2) is 4.47. The lowest BCUT2D eigenvalue weighted by molar-refractivity contribution is -0.151. The Balaban J connectivity index is 2.02. The molecule has 0 heterocycles. The van der Waals surface area contributed by atoms with E-state index in [1.165, 1.54) is 0 Å². The third kappa shape index (κ3) is 1.53. The Morgan fingerprint density at radius 1 is 1.17 bits per heavy atom. The topological polar surface area (TPSA) is 77.8 Å². The van der Waals surface area contributed by atoms with Gasteiger partial charge >= 0.3 is 5.97 Å². The maximum absolute atomic E-state index is 12.5. The molecular formula is C20H26O4. The van der Waals surface area contributed by atoms with Crippen LogP contribution < -0.4 is 0 Å². The van der Waals surface area contributed by atoms with E-state index in [1.54, 1.807) is 0 Å².